The summed E-state index contributed by atoms with van der Waals surface area (Å²) in [5, 5.41) is 7.42. The molecule has 2 N–H and O–H groups in total. The number of carbonyl (C=O) groups excluding carboxylic acids is 1. The summed E-state index contributed by atoms with van der Waals surface area (Å²) in [6.07, 6.45) is 7.06. The van der Waals surface area contributed by atoms with E-state index in [4.69, 9.17) is 4.52 Å². The fourth-order valence-corrected chi connectivity index (χ4v) is 6.50. The van der Waals surface area contributed by atoms with Crippen LogP contribution in [0, 0.1) is 19.8 Å². The van der Waals surface area contributed by atoms with Crippen LogP contribution >= 0.6 is 0 Å². The third kappa shape index (κ3) is 4.51. The number of carbonyl (C=O) groups is 1. The van der Waals surface area contributed by atoms with Gasteiger partial charge in [0.2, 0.25) is 15.9 Å². The number of hydrogen-bond donors (Lipinski definition) is 2. The van der Waals surface area contributed by atoms with Crippen LogP contribution in [-0.4, -0.2) is 40.1 Å². The van der Waals surface area contributed by atoms with Gasteiger partial charge in [0, 0.05) is 42.6 Å². The molecule has 2 atom stereocenters. The standard InChI is InChI=1S/C25H28N6O4S/c1-15-24(16(2)35-29-15)17-12-21-18(7-5-9-26-21)22(13-17)36(33,34)30-20-8-4-6-19(20)25(32)28-14-23-27-10-11-31(23)3/h5,7,9-13,19-20,30H,4,6,8,14H2,1-3H3,(H,28,32)/t19?,20-/m1/s1. The van der Waals surface area contributed by atoms with Crippen molar-refractivity contribution in [3.63, 3.8) is 0 Å². The molecular weight excluding hydrogens is 480 g/mol. The van der Waals surface area contributed by atoms with E-state index in [1.165, 1.54) is 0 Å². The second-order valence-electron chi connectivity index (χ2n) is 9.18. The molecule has 0 aliphatic heterocycles. The molecule has 1 saturated carbocycles. The number of sulfonamides is 1. The van der Waals surface area contributed by atoms with E-state index in [1.54, 1.807) is 37.5 Å². The first-order valence-electron chi connectivity index (χ1n) is 11.8. The van der Waals surface area contributed by atoms with Crippen LogP contribution in [0.15, 0.2) is 52.3 Å². The molecule has 0 spiro atoms. The molecule has 1 aliphatic rings. The second-order valence-corrected chi connectivity index (χ2v) is 10.9. The minimum atomic E-state index is -3.98. The van der Waals surface area contributed by atoms with Crippen LogP contribution in [0.1, 0.15) is 36.5 Å². The monoisotopic (exact) mass is 508 g/mol. The molecule has 4 aromatic rings. The van der Waals surface area contributed by atoms with Crippen LogP contribution in [0.25, 0.3) is 22.0 Å². The summed E-state index contributed by atoms with van der Waals surface area (Å²) >= 11 is 0. The molecule has 0 saturated heterocycles. The van der Waals surface area contributed by atoms with Gasteiger partial charge in [0.15, 0.2) is 0 Å². The summed E-state index contributed by atoms with van der Waals surface area (Å²) in [5.41, 5.74) is 2.62. The van der Waals surface area contributed by atoms with Crippen LogP contribution in [0.5, 0.6) is 0 Å². The van der Waals surface area contributed by atoms with Crippen LogP contribution < -0.4 is 10.0 Å². The zero-order valence-electron chi connectivity index (χ0n) is 20.4. The van der Waals surface area contributed by atoms with E-state index in [9.17, 15) is 13.2 Å². The third-order valence-corrected chi connectivity index (χ3v) is 8.33. The number of fused-ring (bicyclic) bond motifs is 1. The molecule has 1 amide bonds. The topological polar surface area (TPSA) is 132 Å². The molecule has 3 aromatic heterocycles. The minimum Gasteiger partial charge on any atom is -0.361 e. The van der Waals surface area contributed by atoms with Crippen LogP contribution in [0.2, 0.25) is 0 Å². The van der Waals surface area contributed by atoms with Gasteiger partial charge in [0.05, 0.1) is 28.6 Å². The van der Waals surface area contributed by atoms with Crippen molar-refractivity contribution in [1.29, 1.82) is 0 Å². The smallest absolute Gasteiger partial charge is 0.241 e. The summed E-state index contributed by atoms with van der Waals surface area (Å²) in [4.78, 5) is 21.7. The first-order chi connectivity index (χ1) is 17.2. The molecule has 1 fully saturated rings. The van der Waals surface area contributed by atoms with E-state index in [1.807, 2.05) is 30.8 Å². The number of pyridine rings is 1. The molecule has 1 aromatic carbocycles. The Hall–Kier alpha value is -3.57. The Balaban J connectivity index is 1.44. The fourth-order valence-electron chi connectivity index (χ4n) is 4.95. The first kappa shape index (κ1) is 24.1. The Morgan fingerprint density at radius 1 is 1.19 bits per heavy atom. The van der Waals surface area contributed by atoms with Crippen LogP contribution in [0.3, 0.4) is 0 Å². The molecule has 3 heterocycles. The summed E-state index contributed by atoms with van der Waals surface area (Å²) < 4.78 is 37.4. The highest BCUT2D eigenvalue weighted by Gasteiger charge is 2.36. The highest BCUT2D eigenvalue weighted by atomic mass is 32.2. The van der Waals surface area contributed by atoms with Crippen molar-refractivity contribution in [2.24, 2.45) is 13.0 Å². The number of amides is 1. The Morgan fingerprint density at radius 3 is 2.75 bits per heavy atom. The summed E-state index contributed by atoms with van der Waals surface area (Å²) in [6.45, 7) is 3.89. The van der Waals surface area contributed by atoms with Crippen molar-refractivity contribution in [2.45, 2.75) is 50.6 Å². The van der Waals surface area contributed by atoms with Crippen LogP contribution in [0.4, 0.5) is 0 Å². The van der Waals surface area contributed by atoms with Gasteiger partial charge in [0.25, 0.3) is 0 Å². The number of aryl methyl sites for hydroxylation is 3. The first-order valence-corrected chi connectivity index (χ1v) is 13.3. The predicted molar refractivity (Wildman–Crippen MR) is 133 cm³/mol. The molecule has 1 unspecified atom stereocenters. The van der Waals surface area contributed by atoms with Gasteiger partial charge in [-0.2, -0.15) is 0 Å². The third-order valence-electron chi connectivity index (χ3n) is 6.80. The molecule has 188 valence electrons. The van der Waals surface area contributed by atoms with E-state index in [0.29, 0.717) is 40.8 Å². The van der Waals surface area contributed by atoms with Crippen molar-refractivity contribution in [3.8, 4) is 11.1 Å². The zero-order valence-corrected chi connectivity index (χ0v) is 21.2. The second kappa shape index (κ2) is 9.47. The Kier molecular flexibility index (Phi) is 6.35. The number of rotatable bonds is 7. The summed E-state index contributed by atoms with van der Waals surface area (Å²) in [6, 6.07) is 6.40. The van der Waals surface area contributed by atoms with Crippen molar-refractivity contribution < 1.29 is 17.7 Å². The van der Waals surface area contributed by atoms with E-state index < -0.39 is 22.0 Å². The van der Waals surface area contributed by atoms with Gasteiger partial charge < -0.3 is 14.4 Å². The number of imidazole rings is 1. The van der Waals surface area contributed by atoms with Gasteiger partial charge in [-0.3, -0.25) is 9.78 Å². The lowest BCUT2D eigenvalue weighted by molar-refractivity contribution is -0.125. The highest BCUT2D eigenvalue weighted by Crippen LogP contribution is 2.34. The van der Waals surface area contributed by atoms with Crippen molar-refractivity contribution in [1.82, 2.24) is 29.7 Å². The molecule has 0 radical (unpaired) electrons. The summed E-state index contributed by atoms with van der Waals surface area (Å²) in [7, 11) is -2.12. The Bertz CT molecular complexity index is 1520. The normalized spacial score (nSPS) is 18.1. The maximum Gasteiger partial charge on any atom is 0.241 e. The van der Waals surface area contributed by atoms with Gasteiger partial charge >= 0.3 is 0 Å². The zero-order chi connectivity index (χ0) is 25.4. The molecule has 0 bridgehead atoms. The number of aromatic nitrogens is 4. The Labute approximate surface area is 209 Å². The molecule has 5 rings (SSSR count). The molecular formula is C25H28N6O4S. The lowest BCUT2D eigenvalue weighted by Crippen LogP contribution is -2.44. The minimum absolute atomic E-state index is 0.113. The maximum absolute atomic E-state index is 13.7. The van der Waals surface area contributed by atoms with E-state index in [0.717, 1.165) is 17.8 Å². The quantitative estimate of drug-likeness (QED) is 0.392. The van der Waals surface area contributed by atoms with Crippen molar-refractivity contribution >= 4 is 26.8 Å². The van der Waals surface area contributed by atoms with Crippen molar-refractivity contribution in [3.05, 3.63) is 60.1 Å². The lowest BCUT2D eigenvalue weighted by Gasteiger charge is -2.21. The number of hydrogen-bond acceptors (Lipinski definition) is 7. The molecule has 10 nitrogen and oxygen atoms in total. The van der Waals surface area contributed by atoms with Gasteiger partial charge in [-0.05, 0) is 56.5 Å². The number of nitrogens with one attached hydrogen (secondary N) is 2. The average molecular weight is 509 g/mol. The van der Waals surface area contributed by atoms with Gasteiger partial charge in [-0.15, -0.1) is 0 Å². The predicted octanol–water partition coefficient (Wildman–Crippen LogP) is 3.00. The molecule has 1 aliphatic carbocycles. The lowest BCUT2D eigenvalue weighted by atomic mass is 10.0. The number of nitrogens with zero attached hydrogens (tertiary/aromatic N) is 4. The summed E-state index contributed by atoms with van der Waals surface area (Å²) in [5.74, 6) is 0.683. The largest absolute Gasteiger partial charge is 0.361 e. The van der Waals surface area contributed by atoms with E-state index in [2.05, 4.69) is 25.2 Å². The van der Waals surface area contributed by atoms with E-state index in [-0.39, 0.29) is 17.3 Å². The number of benzene rings is 1. The van der Waals surface area contributed by atoms with Crippen LogP contribution in [-0.2, 0) is 28.4 Å². The van der Waals surface area contributed by atoms with Gasteiger partial charge in [-0.1, -0.05) is 11.6 Å². The fraction of sp³-hybridized carbons (Fsp3) is 0.360. The van der Waals surface area contributed by atoms with Gasteiger partial charge in [0.1, 0.15) is 11.6 Å². The highest BCUT2D eigenvalue weighted by molar-refractivity contribution is 7.89. The Morgan fingerprint density at radius 2 is 2.03 bits per heavy atom. The molecule has 11 heteroatoms. The van der Waals surface area contributed by atoms with E-state index >= 15 is 0 Å². The SMILES string of the molecule is Cc1noc(C)c1-c1cc(S(=O)(=O)N[C@@H]2CCCC2C(=O)NCc2nccn2C)c2cccnc2c1. The average Bonchev–Trinajstić information content (AvgIpc) is 3.57. The van der Waals surface area contributed by atoms with Crippen molar-refractivity contribution in [2.75, 3.05) is 0 Å². The molecule has 36 heavy (non-hydrogen) atoms. The van der Waals surface area contributed by atoms with Gasteiger partial charge in [-0.25, -0.2) is 18.1 Å². The maximum atomic E-state index is 13.7.